The molecule has 0 saturated heterocycles. The van der Waals surface area contributed by atoms with E-state index < -0.39 is 11.6 Å². The molecule has 4 heteroatoms. The highest BCUT2D eigenvalue weighted by molar-refractivity contribution is 5.90. The zero-order valence-corrected chi connectivity index (χ0v) is 9.62. The van der Waals surface area contributed by atoms with Gasteiger partial charge < -0.3 is 9.15 Å². The van der Waals surface area contributed by atoms with Crippen molar-refractivity contribution in [1.82, 2.24) is 0 Å². The van der Waals surface area contributed by atoms with Crippen molar-refractivity contribution in [2.24, 2.45) is 0 Å². The molecule has 0 spiro atoms. The van der Waals surface area contributed by atoms with Crippen molar-refractivity contribution >= 4 is 5.97 Å². The average molecular weight is 224 g/mol. The van der Waals surface area contributed by atoms with Crippen molar-refractivity contribution < 1.29 is 13.9 Å². The summed E-state index contributed by atoms with van der Waals surface area (Å²) in [5, 5.41) is 0. The molecule has 0 atom stereocenters. The molecule has 4 nitrogen and oxygen atoms in total. The van der Waals surface area contributed by atoms with E-state index in [-0.39, 0.29) is 0 Å². The van der Waals surface area contributed by atoms with E-state index in [0.29, 0.717) is 24.2 Å². The van der Waals surface area contributed by atoms with Gasteiger partial charge in [0.15, 0.2) is 0 Å². The van der Waals surface area contributed by atoms with Gasteiger partial charge in [-0.3, -0.25) is 0 Å². The Hall–Kier alpha value is -1.58. The van der Waals surface area contributed by atoms with Crippen molar-refractivity contribution in [2.45, 2.75) is 33.1 Å². The number of esters is 1. The molecule has 0 radical (unpaired) electrons. The normalized spacial score (nSPS) is 10.1. The first kappa shape index (κ1) is 12.5. The predicted octanol–water partition coefficient (Wildman–Crippen LogP) is 2.16. The summed E-state index contributed by atoms with van der Waals surface area (Å²) in [5.74, 6) is -0.433. The Morgan fingerprint density at radius 1 is 1.44 bits per heavy atom. The Bertz CT molecular complexity index is 406. The third kappa shape index (κ3) is 3.22. The van der Waals surface area contributed by atoms with Crippen LogP contribution in [0.3, 0.4) is 0 Å². The molecule has 0 saturated carbocycles. The van der Waals surface area contributed by atoms with Crippen molar-refractivity contribution in [2.75, 3.05) is 6.61 Å². The van der Waals surface area contributed by atoms with Gasteiger partial charge in [0, 0.05) is 6.07 Å². The van der Waals surface area contributed by atoms with Gasteiger partial charge >= 0.3 is 11.6 Å². The molecule has 0 amide bonds. The van der Waals surface area contributed by atoms with Crippen LogP contribution in [0.5, 0.6) is 0 Å². The second-order valence-corrected chi connectivity index (χ2v) is 3.46. The van der Waals surface area contributed by atoms with Crippen LogP contribution in [-0.2, 0) is 11.2 Å². The maximum absolute atomic E-state index is 11.6. The lowest BCUT2D eigenvalue weighted by Gasteiger charge is -2.06. The molecule has 0 aliphatic rings. The largest absolute Gasteiger partial charge is 0.462 e. The van der Waals surface area contributed by atoms with Gasteiger partial charge in [0.05, 0.1) is 12.2 Å². The lowest BCUT2D eigenvalue weighted by atomic mass is 10.1. The van der Waals surface area contributed by atoms with E-state index in [1.54, 1.807) is 6.92 Å². The van der Waals surface area contributed by atoms with Crippen LogP contribution in [0.15, 0.2) is 21.5 Å². The fourth-order valence-electron chi connectivity index (χ4n) is 1.41. The Balaban J connectivity index is 2.97. The summed E-state index contributed by atoms with van der Waals surface area (Å²) < 4.78 is 9.58. The van der Waals surface area contributed by atoms with Crippen LogP contribution >= 0.6 is 0 Å². The monoisotopic (exact) mass is 224 g/mol. The minimum Gasteiger partial charge on any atom is -0.462 e. The van der Waals surface area contributed by atoms with Gasteiger partial charge in [0.2, 0.25) is 0 Å². The topological polar surface area (TPSA) is 56.5 Å². The summed E-state index contributed by atoms with van der Waals surface area (Å²) >= 11 is 0. The second-order valence-electron chi connectivity index (χ2n) is 3.46. The number of hydrogen-bond donors (Lipinski definition) is 0. The molecule has 16 heavy (non-hydrogen) atoms. The highest BCUT2D eigenvalue weighted by Gasteiger charge is 2.13. The van der Waals surface area contributed by atoms with Gasteiger partial charge in [-0.05, 0) is 25.3 Å². The molecule has 1 aromatic rings. The summed E-state index contributed by atoms with van der Waals surface area (Å²) in [5.41, 5.74) is 0.630. The summed E-state index contributed by atoms with van der Waals surface area (Å²) in [7, 11) is 0. The van der Waals surface area contributed by atoms with Crippen LogP contribution in [-0.4, -0.2) is 12.6 Å². The van der Waals surface area contributed by atoms with Gasteiger partial charge in [-0.15, -0.1) is 0 Å². The smallest absolute Gasteiger partial charge is 0.341 e. The van der Waals surface area contributed by atoms with Crippen molar-refractivity contribution in [3.05, 3.63) is 33.9 Å². The predicted molar refractivity (Wildman–Crippen MR) is 59.5 cm³/mol. The molecule has 0 aromatic carbocycles. The van der Waals surface area contributed by atoms with E-state index in [9.17, 15) is 9.59 Å². The van der Waals surface area contributed by atoms with Gasteiger partial charge in [-0.1, -0.05) is 13.3 Å². The average Bonchev–Trinajstić information content (AvgIpc) is 2.26. The Morgan fingerprint density at radius 2 is 2.19 bits per heavy atom. The number of aryl methyl sites for hydroxylation is 1. The van der Waals surface area contributed by atoms with Gasteiger partial charge in [0.1, 0.15) is 6.26 Å². The molecule has 88 valence electrons. The van der Waals surface area contributed by atoms with Crippen LogP contribution in [0.1, 0.15) is 42.6 Å². The third-order valence-electron chi connectivity index (χ3n) is 2.23. The van der Waals surface area contributed by atoms with E-state index in [2.05, 4.69) is 11.3 Å². The maximum atomic E-state index is 11.6. The SMILES string of the molecule is CCCCc1cc(=O)occ1C(=O)OCC. The van der Waals surface area contributed by atoms with Crippen LogP contribution in [0, 0.1) is 0 Å². The molecule has 0 aliphatic carbocycles. The van der Waals surface area contributed by atoms with Crippen LogP contribution in [0.25, 0.3) is 0 Å². The Kier molecular flexibility index (Phi) is 4.76. The van der Waals surface area contributed by atoms with E-state index in [0.717, 1.165) is 12.8 Å². The fraction of sp³-hybridized carbons (Fsp3) is 0.500. The zero-order valence-electron chi connectivity index (χ0n) is 9.62. The van der Waals surface area contributed by atoms with Crippen LogP contribution < -0.4 is 5.63 Å². The minimum atomic E-state index is -0.433. The van der Waals surface area contributed by atoms with E-state index >= 15 is 0 Å². The molecule has 1 aromatic heterocycles. The molecule has 0 bridgehead atoms. The third-order valence-corrected chi connectivity index (χ3v) is 2.23. The molecular formula is C12H16O4. The minimum absolute atomic E-state index is 0.311. The van der Waals surface area contributed by atoms with E-state index in [4.69, 9.17) is 4.74 Å². The first-order valence-electron chi connectivity index (χ1n) is 5.47. The van der Waals surface area contributed by atoms with Crippen molar-refractivity contribution in [3.8, 4) is 0 Å². The first-order chi connectivity index (χ1) is 7.69. The van der Waals surface area contributed by atoms with E-state index in [1.165, 1.54) is 12.3 Å². The standard InChI is InChI=1S/C12H16O4/c1-3-5-6-9-7-11(13)16-8-10(9)12(14)15-4-2/h7-8H,3-6H2,1-2H3. The number of carbonyl (C=O) groups is 1. The Morgan fingerprint density at radius 3 is 2.81 bits per heavy atom. The molecule has 0 unspecified atom stereocenters. The molecule has 0 aliphatic heterocycles. The maximum Gasteiger partial charge on any atom is 0.341 e. The molecule has 0 fully saturated rings. The first-order valence-corrected chi connectivity index (χ1v) is 5.47. The van der Waals surface area contributed by atoms with Gasteiger partial charge in [-0.2, -0.15) is 0 Å². The number of ether oxygens (including phenoxy) is 1. The Labute approximate surface area is 94.2 Å². The molecule has 0 N–H and O–H groups in total. The summed E-state index contributed by atoms with van der Waals surface area (Å²) in [6.45, 7) is 4.10. The zero-order chi connectivity index (χ0) is 12.0. The number of carbonyl (C=O) groups excluding carboxylic acids is 1. The van der Waals surface area contributed by atoms with Crippen LogP contribution in [0.4, 0.5) is 0 Å². The van der Waals surface area contributed by atoms with Crippen molar-refractivity contribution in [3.63, 3.8) is 0 Å². The van der Waals surface area contributed by atoms with Crippen LogP contribution in [0.2, 0.25) is 0 Å². The molecule has 1 heterocycles. The number of hydrogen-bond acceptors (Lipinski definition) is 4. The number of rotatable bonds is 5. The highest BCUT2D eigenvalue weighted by atomic mass is 16.5. The molecule has 1 rings (SSSR count). The van der Waals surface area contributed by atoms with Crippen molar-refractivity contribution in [1.29, 1.82) is 0 Å². The lowest BCUT2D eigenvalue weighted by Crippen LogP contribution is -2.11. The summed E-state index contributed by atoms with van der Waals surface area (Å²) in [6.07, 6.45) is 3.81. The quantitative estimate of drug-likeness (QED) is 0.719. The number of unbranched alkanes of at least 4 members (excludes halogenated alkanes) is 1. The lowest BCUT2D eigenvalue weighted by molar-refractivity contribution is 0.0522. The van der Waals surface area contributed by atoms with E-state index in [1.807, 2.05) is 0 Å². The second kappa shape index (κ2) is 6.10. The summed E-state index contributed by atoms with van der Waals surface area (Å²) in [6, 6.07) is 1.36. The molecular weight excluding hydrogens is 208 g/mol. The highest BCUT2D eigenvalue weighted by Crippen LogP contribution is 2.11. The van der Waals surface area contributed by atoms with Gasteiger partial charge in [-0.25, -0.2) is 9.59 Å². The summed E-state index contributed by atoms with van der Waals surface area (Å²) in [4.78, 5) is 22.6. The fourth-order valence-corrected chi connectivity index (χ4v) is 1.41. The van der Waals surface area contributed by atoms with Gasteiger partial charge in [0.25, 0.3) is 0 Å².